The van der Waals surface area contributed by atoms with E-state index in [1.165, 1.54) is 0 Å². The van der Waals surface area contributed by atoms with Crippen molar-refractivity contribution in [3.8, 4) is 5.75 Å². The van der Waals surface area contributed by atoms with E-state index >= 15 is 0 Å². The number of aromatic nitrogens is 2. The number of hydrogen-bond donors (Lipinski definition) is 2. The molecular formula is C16H18ClN3O2. The zero-order chi connectivity index (χ0) is 16.1. The molecule has 116 valence electrons. The topological polar surface area (TPSA) is 67.0 Å². The van der Waals surface area contributed by atoms with Gasteiger partial charge in [-0.05, 0) is 32.0 Å². The third-order valence-electron chi connectivity index (χ3n) is 3.25. The normalized spacial score (nSPS) is 10.3. The molecular weight excluding hydrogens is 302 g/mol. The zero-order valence-electron chi connectivity index (χ0n) is 12.6. The first kappa shape index (κ1) is 16.1. The molecule has 5 nitrogen and oxygen atoms in total. The van der Waals surface area contributed by atoms with Gasteiger partial charge in [0.2, 0.25) is 0 Å². The van der Waals surface area contributed by atoms with Gasteiger partial charge in [0.1, 0.15) is 12.4 Å². The van der Waals surface area contributed by atoms with E-state index in [1.54, 1.807) is 24.3 Å². The quantitative estimate of drug-likeness (QED) is 0.804. The van der Waals surface area contributed by atoms with E-state index in [9.17, 15) is 4.79 Å². The Morgan fingerprint density at radius 3 is 2.91 bits per heavy atom. The van der Waals surface area contributed by atoms with Gasteiger partial charge in [-0.2, -0.15) is 5.10 Å². The highest BCUT2D eigenvalue weighted by Crippen LogP contribution is 2.23. The lowest BCUT2D eigenvalue weighted by Crippen LogP contribution is -2.24. The molecule has 0 aliphatic carbocycles. The van der Waals surface area contributed by atoms with Gasteiger partial charge in [0.05, 0.1) is 11.3 Å². The number of H-pyrrole nitrogens is 1. The summed E-state index contributed by atoms with van der Waals surface area (Å²) in [4.78, 5) is 12.4. The minimum absolute atomic E-state index is 0.249. The number of benzene rings is 1. The Kier molecular flexibility index (Phi) is 5.22. The SMILES string of the molecule is C=CCOc1ccc(Cl)cc1C(=O)NCc1c(C)n[nH]c1C. The smallest absolute Gasteiger partial charge is 0.255 e. The zero-order valence-corrected chi connectivity index (χ0v) is 13.3. The van der Waals surface area contributed by atoms with Crippen molar-refractivity contribution in [3.05, 3.63) is 58.4 Å². The average Bonchev–Trinajstić information content (AvgIpc) is 2.82. The van der Waals surface area contributed by atoms with Gasteiger partial charge in [-0.15, -0.1) is 0 Å². The second-order valence-electron chi connectivity index (χ2n) is 4.84. The van der Waals surface area contributed by atoms with E-state index in [4.69, 9.17) is 16.3 Å². The fourth-order valence-electron chi connectivity index (χ4n) is 2.05. The van der Waals surface area contributed by atoms with Crippen molar-refractivity contribution in [2.45, 2.75) is 20.4 Å². The van der Waals surface area contributed by atoms with Crippen molar-refractivity contribution in [1.82, 2.24) is 15.5 Å². The summed E-state index contributed by atoms with van der Waals surface area (Å²) in [6.07, 6.45) is 1.62. The lowest BCUT2D eigenvalue weighted by Gasteiger charge is -2.11. The van der Waals surface area contributed by atoms with Crippen LogP contribution in [0, 0.1) is 13.8 Å². The molecule has 6 heteroatoms. The van der Waals surface area contributed by atoms with Crippen LogP contribution in [0.2, 0.25) is 5.02 Å². The monoisotopic (exact) mass is 319 g/mol. The molecule has 0 fully saturated rings. The van der Waals surface area contributed by atoms with Crippen molar-refractivity contribution in [3.63, 3.8) is 0 Å². The van der Waals surface area contributed by atoms with Gasteiger partial charge in [0.15, 0.2) is 0 Å². The van der Waals surface area contributed by atoms with Gasteiger partial charge < -0.3 is 10.1 Å². The highest BCUT2D eigenvalue weighted by Gasteiger charge is 2.14. The number of carbonyl (C=O) groups excluding carboxylic acids is 1. The number of nitrogens with zero attached hydrogens (tertiary/aromatic N) is 1. The largest absolute Gasteiger partial charge is 0.489 e. The van der Waals surface area contributed by atoms with Crippen molar-refractivity contribution < 1.29 is 9.53 Å². The standard InChI is InChI=1S/C16H18ClN3O2/c1-4-7-22-15-6-5-12(17)8-13(15)16(21)18-9-14-10(2)19-20-11(14)3/h4-6,8H,1,7,9H2,2-3H3,(H,18,21)(H,19,20). The van der Waals surface area contributed by atoms with E-state index < -0.39 is 0 Å². The molecule has 0 unspecified atom stereocenters. The molecule has 0 aliphatic heterocycles. The van der Waals surface area contributed by atoms with Crippen molar-refractivity contribution in [1.29, 1.82) is 0 Å². The van der Waals surface area contributed by atoms with E-state index in [0.717, 1.165) is 17.0 Å². The maximum Gasteiger partial charge on any atom is 0.255 e. The molecule has 2 rings (SSSR count). The maximum atomic E-state index is 12.4. The molecule has 2 aromatic rings. The highest BCUT2D eigenvalue weighted by atomic mass is 35.5. The van der Waals surface area contributed by atoms with Crippen LogP contribution in [0.5, 0.6) is 5.75 Å². The van der Waals surface area contributed by atoms with Crippen LogP contribution in [0.3, 0.4) is 0 Å². The lowest BCUT2D eigenvalue weighted by atomic mass is 10.1. The van der Waals surface area contributed by atoms with Crippen LogP contribution in [0.1, 0.15) is 27.3 Å². The fourth-order valence-corrected chi connectivity index (χ4v) is 2.22. The predicted octanol–water partition coefficient (Wildman–Crippen LogP) is 3.17. The summed E-state index contributed by atoms with van der Waals surface area (Å²) < 4.78 is 5.49. The Hall–Kier alpha value is -2.27. The summed E-state index contributed by atoms with van der Waals surface area (Å²) in [5, 5.41) is 10.3. The number of halogens is 1. The van der Waals surface area contributed by atoms with Crippen LogP contribution in [0.15, 0.2) is 30.9 Å². The molecule has 0 radical (unpaired) electrons. The number of ether oxygens (including phenoxy) is 1. The summed E-state index contributed by atoms with van der Waals surface area (Å²) >= 11 is 5.97. The van der Waals surface area contributed by atoms with Crippen LogP contribution in [0.25, 0.3) is 0 Å². The first-order chi connectivity index (χ1) is 10.5. The number of nitrogens with one attached hydrogen (secondary N) is 2. The molecule has 0 spiro atoms. The second-order valence-corrected chi connectivity index (χ2v) is 5.27. The summed E-state index contributed by atoms with van der Waals surface area (Å²) in [5.41, 5.74) is 3.18. The Morgan fingerprint density at radius 2 is 2.27 bits per heavy atom. The van der Waals surface area contributed by atoms with E-state index in [-0.39, 0.29) is 5.91 Å². The minimum atomic E-state index is -0.249. The van der Waals surface area contributed by atoms with Crippen LogP contribution in [-0.4, -0.2) is 22.7 Å². The van der Waals surface area contributed by atoms with Crippen LogP contribution < -0.4 is 10.1 Å². The van der Waals surface area contributed by atoms with E-state index in [2.05, 4.69) is 22.1 Å². The molecule has 1 aromatic heterocycles. The third-order valence-corrected chi connectivity index (χ3v) is 3.48. The van der Waals surface area contributed by atoms with Gasteiger partial charge in [-0.25, -0.2) is 0 Å². The number of aryl methyl sites for hydroxylation is 2. The van der Waals surface area contributed by atoms with Crippen molar-refractivity contribution >= 4 is 17.5 Å². The Balaban J connectivity index is 2.15. The Morgan fingerprint density at radius 1 is 1.50 bits per heavy atom. The number of aromatic amines is 1. The second kappa shape index (κ2) is 7.13. The molecule has 0 atom stereocenters. The maximum absolute atomic E-state index is 12.4. The van der Waals surface area contributed by atoms with Gasteiger partial charge in [-0.3, -0.25) is 9.89 Å². The minimum Gasteiger partial charge on any atom is -0.489 e. The summed E-state index contributed by atoms with van der Waals surface area (Å²) in [5.74, 6) is 0.226. The van der Waals surface area contributed by atoms with E-state index in [0.29, 0.717) is 29.5 Å². The van der Waals surface area contributed by atoms with Gasteiger partial charge >= 0.3 is 0 Å². The molecule has 2 N–H and O–H groups in total. The first-order valence-corrected chi connectivity index (χ1v) is 7.22. The van der Waals surface area contributed by atoms with Gasteiger partial charge in [0.25, 0.3) is 5.91 Å². The van der Waals surface area contributed by atoms with Crippen LogP contribution in [-0.2, 0) is 6.54 Å². The Bertz CT molecular complexity index is 675. The average molecular weight is 320 g/mol. The third kappa shape index (κ3) is 3.68. The Labute approximate surface area is 134 Å². The molecule has 0 saturated carbocycles. The molecule has 22 heavy (non-hydrogen) atoms. The molecule has 0 saturated heterocycles. The number of amides is 1. The number of carbonyl (C=O) groups is 1. The molecule has 1 heterocycles. The van der Waals surface area contributed by atoms with Gasteiger partial charge in [0, 0.05) is 22.8 Å². The number of rotatable bonds is 6. The molecule has 0 aliphatic rings. The molecule has 1 aromatic carbocycles. The summed E-state index contributed by atoms with van der Waals surface area (Å²) in [6.45, 7) is 8.11. The number of hydrogen-bond acceptors (Lipinski definition) is 3. The molecule has 1 amide bonds. The molecule has 0 bridgehead atoms. The summed E-state index contributed by atoms with van der Waals surface area (Å²) in [7, 11) is 0. The fraction of sp³-hybridized carbons (Fsp3) is 0.250. The first-order valence-electron chi connectivity index (χ1n) is 6.84. The predicted molar refractivity (Wildman–Crippen MR) is 86.4 cm³/mol. The van der Waals surface area contributed by atoms with Crippen LogP contribution >= 0.6 is 11.6 Å². The summed E-state index contributed by atoms with van der Waals surface area (Å²) in [6, 6.07) is 4.95. The van der Waals surface area contributed by atoms with E-state index in [1.807, 2.05) is 13.8 Å². The van der Waals surface area contributed by atoms with Crippen molar-refractivity contribution in [2.24, 2.45) is 0 Å². The van der Waals surface area contributed by atoms with Crippen LogP contribution in [0.4, 0.5) is 0 Å². The van der Waals surface area contributed by atoms with Gasteiger partial charge in [-0.1, -0.05) is 24.3 Å². The lowest BCUT2D eigenvalue weighted by molar-refractivity contribution is 0.0947. The van der Waals surface area contributed by atoms with Crippen molar-refractivity contribution in [2.75, 3.05) is 6.61 Å². The highest BCUT2D eigenvalue weighted by molar-refractivity contribution is 6.31.